The van der Waals surface area contributed by atoms with Crippen molar-refractivity contribution in [3.8, 4) is 0 Å². The molecule has 0 atom stereocenters. The third kappa shape index (κ3) is 2.75. The first-order valence-corrected chi connectivity index (χ1v) is 7.04. The second-order valence-corrected chi connectivity index (χ2v) is 5.87. The normalized spacial score (nSPS) is 11.8. The van der Waals surface area contributed by atoms with Crippen molar-refractivity contribution in [2.24, 2.45) is 0 Å². The summed E-state index contributed by atoms with van der Waals surface area (Å²) in [6.07, 6.45) is -3.18. The van der Waals surface area contributed by atoms with E-state index in [4.69, 9.17) is 10.7 Å². The number of hydrogen-bond donors (Lipinski definition) is 0. The zero-order valence-electron chi connectivity index (χ0n) is 9.06. The van der Waals surface area contributed by atoms with E-state index in [-0.39, 0.29) is 12.0 Å². The second-order valence-electron chi connectivity index (χ2n) is 3.33. The Morgan fingerprint density at radius 2 is 2.00 bits per heavy atom. The van der Waals surface area contributed by atoms with Gasteiger partial charge in [-0.2, -0.15) is 0 Å². The van der Waals surface area contributed by atoms with Gasteiger partial charge < -0.3 is 0 Å². The fraction of sp³-hybridized carbons (Fsp3) is 0.333. The Morgan fingerprint density at radius 1 is 1.44 bits per heavy atom. The lowest BCUT2D eigenvalue weighted by atomic mass is 10.1. The molecule has 18 heavy (non-hydrogen) atoms. The van der Waals surface area contributed by atoms with E-state index in [1.54, 1.807) is 0 Å². The van der Waals surface area contributed by atoms with E-state index in [1.807, 2.05) is 0 Å². The smallest absolute Gasteiger partial charge is 0.258 e. The molecule has 0 aromatic heterocycles. The first kappa shape index (κ1) is 14.8. The Morgan fingerprint density at radius 3 is 2.33 bits per heavy atom. The predicted octanol–water partition coefficient (Wildman–Crippen LogP) is 3.02. The van der Waals surface area contributed by atoms with Gasteiger partial charge in [0.1, 0.15) is 5.56 Å². The van der Waals surface area contributed by atoms with Crippen LogP contribution in [0.3, 0.4) is 0 Å². The minimum atomic E-state index is -4.47. The summed E-state index contributed by atoms with van der Waals surface area (Å²) in [5.41, 5.74) is -2.03. The van der Waals surface area contributed by atoms with Crippen LogP contribution < -0.4 is 0 Å². The number of hydrogen-bond acceptors (Lipinski definition) is 4. The highest BCUT2D eigenvalue weighted by Crippen LogP contribution is 2.38. The topological polar surface area (TPSA) is 77.3 Å². The van der Waals surface area contributed by atoms with E-state index < -0.39 is 36.5 Å². The quantitative estimate of drug-likeness (QED) is 0.486. The van der Waals surface area contributed by atoms with Gasteiger partial charge in [-0.1, -0.05) is 13.0 Å². The lowest BCUT2D eigenvalue weighted by Gasteiger charge is -2.09. The fourth-order valence-electron chi connectivity index (χ4n) is 1.56. The van der Waals surface area contributed by atoms with Crippen molar-refractivity contribution >= 4 is 25.4 Å². The molecule has 100 valence electrons. The molecule has 0 aliphatic carbocycles. The zero-order valence-corrected chi connectivity index (χ0v) is 10.6. The molecule has 9 heteroatoms. The van der Waals surface area contributed by atoms with E-state index in [0.717, 1.165) is 12.1 Å². The van der Waals surface area contributed by atoms with Crippen LogP contribution in [0.15, 0.2) is 17.0 Å². The summed E-state index contributed by atoms with van der Waals surface area (Å²) in [6, 6.07) is 1.97. The maximum Gasteiger partial charge on any atom is 0.282 e. The first-order chi connectivity index (χ1) is 8.20. The van der Waals surface area contributed by atoms with Gasteiger partial charge in [-0.05, 0) is 12.5 Å². The molecule has 0 saturated carbocycles. The molecule has 0 saturated heterocycles. The lowest BCUT2D eigenvalue weighted by Crippen LogP contribution is -2.06. The molecular formula is C9H8ClF2NO4S. The third-order valence-electron chi connectivity index (χ3n) is 2.31. The van der Waals surface area contributed by atoms with Crippen molar-refractivity contribution < 1.29 is 22.1 Å². The van der Waals surface area contributed by atoms with Crippen LogP contribution in [-0.2, 0) is 15.5 Å². The van der Waals surface area contributed by atoms with Crippen LogP contribution in [0.25, 0.3) is 0 Å². The van der Waals surface area contributed by atoms with Gasteiger partial charge in [-0.3, -0.25) is 10.1 Å². The minimum absolute atomic E-state index is 0.0272. The standard InChI is InChI=1S/C9H8ClF2NO4S/c1-2-5-3-4-6(18(10,16)17)7(9(11)12)8(5)13(14)15/h3-4,9H,2H2,1H3. The monoisotopic (exact) mass is 299 g/mol. The molecule has 0 aliphatic rings. The fourth-order valence-corrected chi connectivity index (χ4v) is 2.64. The van der Waals surface area contributed by atoms with Crippen LogP contribution in [0.2, 0.25) is 0 Å². The number of aryl methyl sites for hydroxylation is 1. The molecule has 5 nitrogen and oxygen atoms in total. The number of nitrogens with zero attached hydrogens (tertiary/aromatic N) is 1. The summed E-state index contributed by atoms with van der Waals surface area (Å²) in [7, 11) is 0.525. The van der Waals surface area contributed by atoms with Gasteiger partial charge in [0.15, 0.2) is 0 Å². The predicted molar refractivity (Wildman–Crippen MR) is 60.5 cm³/mol. The number of nitro benzene ring substituents is 1. The summed E-state index contributed by atoms with van der Waals surface area (Å²) in [4.78, 5) is 8.87. The Hall–Kier alpha value is -1.28. The van der Waals surface area contributed by atoms with Gasteiger partial charge in [0.05, 0.1) is 9.82 Å². The average Bonchev–Trinajstić information content (AvgIpc) is 2.25. The Balaban J connectivity index is 3.80. The molecule has 0 N–H and O–H groups in total. The highest BCUT2D eigenvalue weighted by Gasteiger charge is 2.32. The number of rotatable bonds is 4. The third-order valence-corrected chi connectivity index (χ3v) is 3.69. The van der Waals surface area contributed by atoms with E-state index in [2.05, 4.69) is 0 Å². The lowest BCUT2D eigenvalue weighted by molar-refractivity contribution is -0.387. The van der Waals surface area contributed by atoms with Gasteiger partial charge in [0, 0.05) is 16.2 Å². The molecule has 1 aromatic carbocycles. The van der Waals surface area contributed by atoms with Gasteiger partial charge in [0.25, 0.3) is 21.2 Å². The maximum absolute atomic E-state index is 12.9. The number of alkyl halides is 2. The van der Waals surface area contributed by atoms with Crippen molar-refractivity contribution in [3.63, 3.8) is 0 Å². The van der Waals surface area contributed by atoms with E-state index >= 15 is 0 Å². The molecule has 0 heterocycles. The van der Waals surface area contributed by atoms with Crippen molar-refractivity contribution in [2.75, 3.05) is 0 Å². The molecular weight excluding hydrogens is 292 g/mol. The van der Waals surface area contributed by atoms with Crippen LogP contribution in [0, 0.1) is 10.1 Å². The maximum atomic E-state index is 12.9. The summed E-state index contributed by atoms with van der Waals surface area (Å²) >= 11 is 0. The summed E-state index contributed by atoms with van der Waals surface area (Å²) in [5.74, 6) is 0. The zero-order chi connectivity index (χ0) is 14.1. The van der Waals surface area contributed by atoms with Gasteiger partial charge in [-0.15, -0.1) is 0 Å². The van der Waals surface area contributed by atoms with Crippen molar-refractivity contribution in [2.45, 2.75) is 24.7 Å². The van der Waals surface area contributed by atoms with Crippen LogP contribution >= 0.6 is 10.7 Å². The Kier molecular flexibility index (Phi) is 4.23. The highest BCUT2D eigenvalue weighted by molar-refractivity contribution is 8.13. The molecule has 0 unspecified atom stereocenters. The largest absolute Gasteiger partial charge is 0.282 e. The molecule has 0 bridgehead atoms. The molecule has 0 fully saturated rings. The number of nitro groups is 1. The Labute approximate surface area is 106 Å². The van der Waals surface area contributed by atoms with Gasteiger partial charge in [-0.25, -0.2) is 17.2 Å². The molecule has 0 aliphatic heterocycles. The molecule has 1 rings (SSSR count). The van der Waals surface area contributed by atoms with Gasteiger partial charge >= 0.3 is 0 Å². The van der Waals surface area contributed by atoms with Crippen LogP contribution in [0.1, 0.15) is 24.5 Å². The van der Waals surface area contributed by atoms with Crippen molar-refractivity contribution in [1.82, 2.24) is 0 Å². The molecule has 0 radical (unpaired) electrons. The Bertz CT molecular complexity index is 588. The first-order valence-electron chi connectivity index (χ1n) is 4.73. The van der Waals surface area contributed by atoms with E-state index in [9.17, 15) is 27.3 Å². The summed E-state index contributed by atoms with van der Waals surface area (Å²) < 4.78 is 48.0. The van der Waals surface area contributed by atoms with Crippen molar-refractivity contribution in [1.29, 1.82) is 0 Å². The minimum Gasteiger partial charge on any atom is -0.258 e. The van der Waals surface area contributed by atoms with E-state index in [1.165, 1.54) is 6.92 Å². The SMILES string of the molecule is CCc1ccc(S(=O)(=O)Cl)c(C(F)F)c1[N+](=O)[O-]. The molecule has 0 spiro atoms. The van der Waals surface area contributed by atoms with Gasteiger partial charge in [0.2, 0.25) is 0 Å². The average molecular weight is 300 g/mol. The molecule has 0 amide bonds. The van der Waals surface area contributed by atoms with Crippen molar-refractivity contribution in [3.05, 3.63) is 33.4 Å². The summed E-state index contributed by atoms with van der Waals surface area (Å²) in [6.45, 7) is 1.53. The molecule has 1 aromatic rings. The summed E-state index contributed by atoms with van der Waals surface area (Å²) in [5, 5.41) is 10.8. The number of benzene rings is 1. The van der Waals surface area contributed by atoms with Crippen LogP contribution in [0.4, 0.5) is 14.5 Å². The number of halogens is 3. The van der Waals surface area contributed by atoms with Crippen LogP contribution in [-0.4, -0.2) is 13.3 Å². The second kappa shape index (κ2) is 5.15. The van der Waals surface area contributed by atoms with Crippen LogP contribution in [0.5, 0.6) is 0 Å². The highest BCUT2D eigenvalue weighted by atomic mass is 35.7. The van der Waals surface area contributed by atoms with E-state index in [0.29, 0.717) is 0 Å².